The van der Waals surface area contributed by atoms with Crippen LogP contribution in [0.4, 0.5) is 10.9 Å². The quantitative estimate of drug-likeness (QED) is 0.0222. The molecule has 4 bridgehead atoms. The van der Waals surface area contributed by atoms with Gasteiger partial charge in [0, 0.05) is 43.1 Å². The topological polar surface area (TPSA) is 210 Å². The zero-order valence-corrected chi connectivity index (χ0v) is 50.7. The second kappa shape index (κ2) is 22.3. The molecular weight excluding hydrogens is 1080 g/mol. The lowest BCUT2D eigenvalue weighted by atomic mass is 9.39. The third-order valence-corrected chi connectivity index (χ3v) is 24.1. The molecule has 0 aliphatic heterocycles. The number of carboxylic acid groups (broad SMARTS) is 1. The number of hydrogen-bond donors (Lipinski definition) is 3. The number of carbonyl (C=O) groups is 2. The number of aromatic carboxylic acids is 1. The van der Waals surface area contributed by atoms with Gasteiger partial charge in [0.2, 0.25) is 5.78 Å². The van der Waals surface area contributed by atoms with E-state index < -0.39 is 35.6 Å². The van der Waals surface area contributed by atoms with E-state index in [1.807, 2.05) is 68.8 Å². The number of para-hydroxylation sites is 1. The van der Waals surface area contributed by atoms with Crippen molar-refractivity contribution in [2.45, 2.75) is 124 Å². The van der Waals surface area contributed by atoms with Crippen molar-refractivity contribution in [2.24, 2.45) is 21.7 Å². The lowest BCUT2D eigenvalue weighted by Gasteiger charge is -2.69. The molecule has 81 heavy (non-hydrogen) atoms. The van der Waals surface area contributed by atoms with Crippen molar-refractivity contribution >= 4 is 73.1 Å². The van der Waals surface area contributed by atoms with Crippen LogP contribution in [-0.2, 0) is 30.0 Å². The number of aryl methyl sites for hydroxylation is 1. The lowest BCUT2D eigenvalue weighted by Crippen LogP contribution is -2.66. The largest absolute Gasteiger partial charge is 0.476 e. The van der Waals surface area contributed by atoms with Crippen LogP contribution in [-0.4, -0.2) is 108 Å². The van der Waals surface area contributed by atoms with Gasteiger partial charge in [0.05, 0.1) is 41.0 Å². The van der Waals surface area contributed by atoms with Crippen LogP contribution in [0.3, 0.4) is 0 Å². The molecule has 2 unspecified atom stereocenters. The van der Waals surface area contributed by atoms with E-state index in [9.17, 15) is 23.1 Å². The van der Waals surface area contributed by atoms with Crippen molar-refractivity contribution in [3.63, 3.8) is 0 Å². The van der Waals surface area contributed by atoms with Gasteiger partial charge in [-0.2, -0.15) is 13.5 Å². The number of hydrogen-bond acceptors (Lipinski definition) is 15. The highest BCUT2D eigenvalue weighted by molar-refractivity contribution is 7.86. The molecule has 4 heterocycles. The number of carboxylic acids is 1. The molecule has 4 aromatic heterocycles. The summed E-state index contributed by atoms with van der Waals surface area (Å²) in [5.74, 6) is -1.51. The molecular formula is C62H76N8O8S2Si. The average molecular weight is 1150 g/mol. The summed E-state index contributed by atoms with van der Waals surface area (Å²) in [7, 11) is -6.54. The molecule has 7 aromatic rings. The van der Waals surface area contributed by atoms with Crippen LogP contribution in [0.1, 0.15) is 131 Å². The average Bonchev–Trinajstić information content (AvgIpc) is 4.11. The summed E-state index contributed by atoms with van der Waals surface area (Å²) >= 11 is 1.48. The summed E-state index contributed by atoms with van der Waals surface area (Å²) in [6.45, 7) is 21.7. The van der Waals surface area contributed by atoms with E-state index in [4.69, 9.17) is 18.4 Å². The van der Waals surface area contributed by atoms with Gasteiger partial charge in [-0.3, -0.25) is 13.7 Å². The number of nitrogens with zero attached hydrogens (tertiary/aromatic N) is 6. The number of thiazole rings is 1. The molecule has 3 N–H and O–H groups in total. The molecule has 3 aromatic carbocycles. The normalized spacial score (nSPS) is 21.9. The third-order valence-electron chi connectivity index (χ3n) is 17.0. The third kappa shape index (κ3) is 12.4. The number of ether oxygens (including phenoxy) is 1. The van der Waals surface area contributed by atoms with Crippen LogP contribution in [0.25, 0.3) is 21.3 Å². The van der Waals surface area contributed by atoms with Gasteiger partial charge >= 0.3 is 5.97 Å². The van der Waals surface area contributed by atoms with E-state index >= 15 is 0 Å². The first-order valence-corrected chi connectivity index (χ1v) is 32.4. The number of aromatic nitrogens is 6. The predicted octanol–water partition coefficient (Wildman–Crippen LogP) is 10.7. The molecule has 2 atom stereocenters. The molecule has 4 aliphatic carbocycles. The molecule has 0 radical (unpaired) electrons. The van der Waals surface area contributed by atoms with E-state index in [2.05, 4.69) is 114 Å². The smallest absolute Gasteiger partial charge is 0.355 e. The molecule has 11 rings (SSSR count). The Morgan fingerprint density at radius 3 is 2.09 bits per heavy atom. The van der Waals surface area contributed by atoms with Gasteiger partial charge in [-0.1, -0.05) is 133 Å². The van der Waals surface area contributed by atoms with Gasteiger partial charge in [-0.05, 0) is 132 Å². The van der Waals surface area contributed by atoms with Gasteiger partial charge in [0.15, 0.2) is 16.6 Å². The minimum atomic E-state index is -3.81. The van der Waals surface area contributed by atoms with E-state index in [1.165, 1.54) is 27.8 Å². The molecule has 4 aliphatic rings. The SMILES string of the molecule is Cc1cc(C(=O)c2ccc(-c3cnn(CC45CC6(C)CC(C)(C4)CC(OCCNCCS(=O)(=O)OCC(C)(C)CCO[Si](c4ccccc4)(c4ccccc4)C(C)(C)C)(C6)C5)c3C)c(C(=O)O)n2)nnc1Nc1nc2ccccc2s1. The van der Waals surface area contributed by atoms with E-state index in [-0.39, 0.29) is 62.9 Å². The van der Waals surface area contributed by atoms with Crippen LogP contribution in [0, 0.1) is 35.5 Å². The number of carbonyl (C=O) groups excluding carboxylic acids is 1. The fourth-order valence-corrected chi connectivity index (χ4v) is 20.9. The maximum Gasteiger partial charge on any atom is 0.355 e. The standard InChI is InChI=1S/C62H76N8O8S2Si/c1-42-32-50(68-69-54(42)67-56-66-48-22-16-17-23-51(48)79-56)53(71)49-25-24-46(52(65-49)55(72)73)47-33-64-70(43(47)2)40-61-35-59(8)34-60(9,36-61)38-62(37-59,39-61)76-30-27-63-28-31-80(74,75)77-41-58(6,7)26-29-78-81(57(3,4)5,44-18-12-10-13-19-44)45-20-14-11-15-21-45/h10-25,32-33,63H,26-31,34-41H2,1-9H3,(H,72,73)(H,66,67,69). The van der Waals surface area contributed by atoms with Crippen molar-refractivity contribution < 1.29 is 36.5 Å². The number of nitrogens with one attached hydrogen (secondary N) is 2. The van der Waals surface area contributed by atoms with Crippen LogP contribution in [0.5, 0.6) is 0 Å². The first kappa shape index (κ1) is 58.1. The van der Waals surface area contributed by atoms with Gasteiger partial charge < -0.3 is 24.9 Å². The van der Waals surface area contributed by atoms with Crippen LogP contribution in [0.2, 0.25) is 5.04 Å². The second-order valence-electron chi connectivity index (χ2n) is 25.8. The van der Waals surface area contributed by atoms with Crippen molar-refractivity contribution in [1.82, 2.24) is 35.3 Å². The Morgan fingerprint density at radius 2 is 1.44 bits per heavy atom. The van der Waals surface area contributed by atoms with E-state index in [0.717, 1.165) is 54.4 Å². The summed E-state index contributed by atoms with van der Waals surface area (Å²) in [5.41, 5.74) is 2.27. The van der Waals surface area contributed by atoms with Gasteiger partial charge in [0.1, 0.15) is 11.4 Å². The highest BCUT2D eigenvalue weighted by Gasteiger charge is 2.66. The number of rotatable bonds is 24. The molecule has 4 fully saturated rings. The summed E-state index contributed by atoms with van der Waals surface area (Å²) in [5, 5.41) is 33.3. The Labute approximate surface area is 481 Å². The Balaban J connectivity index is 0.732. The Morgan fingerprint density at radius 1 is 0.778 bits per heavy atom. The van der Waals surface area contributed by atoms with E-state index in [1.54, 1.807) is 18.3 Å². The maximum atomic E-state index is 13.8. The zero-order chi connectivity index (χ0) is 57.6. The second-order valence-corrected chi connectivity index (χ2v) is 32.9. The van der Waals surface area contributed by atoms with Gasteiger partial charge in [-0.25, -0.2) is 14.8 Å². The fourth-order valence-electron chi connectivity index (χ4n) is 14.5. The Hall–Kier alpha value is -6.06. The number of fused-ring (bicyclic) bond motifs is 1. The molecule has 19 heteroatoms. The molecule has 4 saturated carbocycles. The first-order chi connectivity index (χ1) is 38.3. The zero-order valence-electron chi connectivity index (χ0n) is 48.1. The summed E-state index contributed by atoms with van der Waals surface area (Å²) in [6, 6.07) is 33.6. The summed E-state index contributed by atoms with van der Waals surface area (Å²) in [6.07, 6.45) is 8.26. The Bertz CT molecular complexity index is 3480. The fraction of sp³-hybridized carbons (Fsp3) is 0.468. The number of pyridine rings is 1. The van der Waals surface area contributed by atoms with Crippen LogP contribution >= 0.6 is 11.3 Å². The van der Waals surface area contributed by atoms with Crippen LogP contribution in [0.15, 0.2) is 109 Å². The minimum Gasteiger partial charge on any atom is -0.476 e. The summed E-state index contributed by atoms with van der Waals surface area (Å²) in [4.78, 5) is 35.6. The highest BCUT2D eigenvalue weighted by atomic mass is 32.2. The summed E-state index contributed by atoms with van der Waals surface area (Å²) < 4.78 is 49.3. The molecule has 0 saturated heterocycles. The van der Waals surface area contributed by atoms with Crippen molar-refractivity contribution in [1.29, 1.82) is 0 Å². The minimum absolute atomic E-state index is 0.0384. The number of anilines is 2. The molecule has 16 nitrogen and oxygen atoms in total. The molecule has 0 amide bonds. The maximum absolute atomic E-state index is 13.8. The first-order valence-electron chi connectivity index (χ1n) is 28.1. The van der Waals surface area contributed by atoms with Gasteiger partial charge in [-0.15, -0.1) is 10.2 Å². The highest BCUT2D eigenvalue weighted by Crippen LogP contribution is 2.72. The lowest BCUT2D eigenvalue weighted by molar-refractivity contribution is -0.247. The van der Waals surface area contributed by atoms with Crippen molar-refractivity contribution in [3.8, 4) is 11.1 Å². The molecule has 428 valence electrons. The monoisotopic (exact) mass is 1150 g/mol. The Kier molecular flexibility index (Phi) is 16.0. The van der Waals surface area contributed by atoms with Crippen LogP contribution < -0.4 is 21.0 Å². The van der Waals surface area contributed by atoms with Crippen molar-refractivity contribution in [2.75, 3.05) is 44.0 Å². The predicted molar refractivity (Wildman–Crippen MR) is 320 cm³/mol. The number of ketones is 1. The van der Waals surface area contributed by atoms with Gasteiger partial charge in [0.25, 0.3) is 18.4 Å². The van der Waals surface area contributed by atoms with E-state index in [0.29, 0.717) is 60.4 Å². The number of benzene rings is 3. The molecule has 0 spiro atoms. The van der Waals surface area contributed by atoms with Crippen molar-refractivity contribution in [3.05, 3.63) is 138 Å².